The van der Waals surface area contributed by atoms with Crippen molar-refractivity contribution in [1.29, 1.82) is 0 Å². The van der Waals surface area contributed by atoms with Crippen LogP contribution in [0.3, 0.4) is 0 Å². The van der Waals surface area contributed by atoms with Gasteiger partial charge in [0.05, 0.1) is 0 Å². The van der Waals surface area contributed by atoms with Crippen molar-refractivity contribution in [2.45, 2.75) is 26.4 Å². The van der Waals surface area contributed by atoms with Crippen LogP contribution in [0.25, 0.3) is 0 Å². The average molecular weight is 492 g/mol. The predicted octanol–water partition coefficient (Wildman–Crippen LogP) is 4.44. The van der Waals surface area contributed by atoms with Gasteiger partial charge in [-0.25, -0.2) is 0 Å². The first-order chi connectivity index (χ1) is 12.0. The Hall–Kier alpha value is -1.65. The summed E-state index contributed by atoms with van der Waals surface area (Å²) in [5.74, 6) is 0.270. The van der Waals surface area contributed by atoms with Gasteiger partial charge < -0.3 is 0 Å². The molecule has 0 atom stereocenters. The maximum absolute atomic E-state index is 11.8. The second-order valence-electron chi connectivity index (χ2n) is 6.34. The van der Waals surface area contributed by atoms with Gasteiger partial charge in [0.25, 0.3) is 0 Å². The number of rotatable bonds is 5. The first-order valence-corrected chi connectivity index (χ1v) is 12.5. The van der Waals surface area contributed by atoms with Crippen molar-refractivity contribution in [3.05, 3.63) is 61.7 Å². The van der Waals surface area contributed by atoms with E-state index in [2.05, 4.69) is 0 Å². The number of ether oxygens (including phenoxy) is 2. The molecule has 0 heterocycles. The normalized spacial score (nSPS) is 12.4. The summed E-state index contributed by atoms with van der Waals surface area (Å²) in [6.07, 6.45) is 0.209. The van der Waals surface area contributed by atoms with E-state index in [0.29, 0.717) is 3.57 Å². The van der Waals surface area contributed by atoms with E-state index >= 15 is 0 Å². The second-order valence-corrected chi connectivity index (χ2v) is 12.9. The summed E-state index contributed by atoms with van der Waals surface area (Å²) >= 11 is -2.72. The number of halogens is 1. The third-order valence-corrected chi connectivity index (χ3v) is 9.74. The van der Waals surface area contributed by atoms with Gasteiger partial charge in [-0.15, -0.1) is 0 Å². The van der Waals surface area contributed by atoms with Gasteiger partial charge in [-0.3, -0.25) is 0 Å². The van der Waals surface area contributed by atoms with E-state index in [4.69, 9.17) is 12.0 Å². The van der Waals surface area contributed by atoms with Gasteiger partial charge in [0.15, 0.2) is 0 Å². The van der Waals surface area contributed by atoms with Crippen molar-refractivity contribution in [2.75, 3.05) is 6.26 Å². The number of hydrogen-bond donors (Lipinski definition) is 0. The van der Waals surface area contributed by atoms with Gasteiger partial charge in [-0.1, -0.05) is 0 Å². The van der Waals surface area contributed by atoms with Crippen molar-refractivity contribution in [3.8, 4) is 5.75 Å². The summed E-state index contributed by atoms with van der Waals surface area (Å²) in [6, 6.07) is 15.8. The Morgan fingerprint density at radius 1 is 0.962 bits per heavy atom. The molecule has 2 aromatic carbocycles. The van der Waals surface area contributed by atoms with Crippen LogP contribution in [-0.2, 0) is 17.4 Å². The Bertz CT molecular complexity index is 859. The van der Waals surface area contributed by atoms with Crippen molar-refractivity contribution < 1.29 is 25.2 Å². The molecule has 0 aliphatic heterocycles. The van der Waals surface area contributed by atoms with E-state index in [1.165, 1.54) is 0 Å². The van der Waals surface area contributed by atoms with E-state index in [1.54, 1.807) is 45.0 Å². The molecule has 26 heavy (non-hydrogen) atoms. The Balaban J connectivity index is 2.30. The number of benzene rings is 2. The van der Waals surface area contributed by atoms with Crippen LogP contribution in [0.5, 0.6) is 5.75 Å². The van der Waals surface area contributed by atoms with E-state index < -0.39 is 42.1 Å². The van der Waals surface area contributed by atoms with Gasteiger partial charge in [0.1, 0.15) is 0 Å². The molecule has 0 aromatic heterocycles. The van der Waals surface area contributed by atoms with Gasteiger partial charge in [-0.2, -0.15) is 0 Å². The summed E-state index contributed by atoms with van der Waals surface area (Å²) in [5, 5.41) is 0. The van der Waals surface area contributed by atoms with E-state index in [1.807, 2.05) is 30.3 Å². The molecule has 6 nitrogen and oxygen atoms in total. The van der Waals surface area contributed by atoms with Crippen LogP contribution in [0.2, 0.25) is 0 Å². The average Bonchev–Trinajstić information content (AvgIpc) is 2.51. The first-order valence-electron chi connectivity index (χ1n) is 7.69. The zero-order valence-electron chi connectivity index (χ0n) is 14.9. The second kappa shape index (κ2) is 8.36. The standard InChI is InChI=1S/C18H21IO6S/c1-18(2,3)24-17(20)23-16-12-8-11-15(13-16)19(25-26(4,21)22)14-9-6-5-7-10-14/h5-13H,1-4H3. The van der Waals surface area contributed by atoms with E-state index in [-0.39, 0.29) is 5.75 Å². The van der Waals surface area contributed by atoms with Gasteiger partial charge >= 0.3 is 162 Å². The van der Waals surface area contributed by atoms with Crippen molar-refractivity contribution in [1.82, 2.24) is 0 Å². The van der Waals surface area contributed by atoms with E-state index in [9.17, 15) is 13.2 Å². The molecule has 0 radical (unpaired) electrons. The summed E-state index contributed by atoms with van der Waals surface area (Å²) in [4.78, 5) is 11.8. The topological polar surface area (TPSA) is 78.9 Å². The Kier molecular flexibility index (Phi) is 6.64. The molecule has 0 fully saturated rings. The van der Waals surface area contributed by atoms with Gasteiger partial charge in [-0.05, 0) is 0 Å². The number of carbonyl (C=O) groups is 1. The summed E-state index contributed by atoms with van der Waals surface area (Å²) < 4.78 is 40.7. The summed E-state index contributed by atoms with van der Waals surface area (Å²) in [5.41, 5.74) is -0.670. The van der Waals surface area contributed by atoms with Gasteiger partial charge in [0.2, 0.25) is 0 Å². The minimum absolute atomic E-state index is 0.270. The minimum atomic E-state index is -3.64. The monoisotopic (exact) mass is 492 g/mol. The fourth-order valence-corrected chi connectivity index (χ4v) is 8.34. The zero-order valence-corrected chi connectivity index (χ0v) is 17.9. The zero-order chi connectivity index (χ0) is 19.4. The van der Waals surface area contributed by atoms with E-state index in [0.717, 1.165) is 9.83 Å². The molecule has 0 aliphatic rings. The predicted molar refractivity (Wildman–Crippen MR) is 107 cm³/mol. The van der Waals surface area contributed by atoms with Crippen molar-refractivity contribution in [3.63, 3.8) is 0 Å². The molecule has 0 aliphatic carbocycles. The Morgan fingerprint density at radius 2 is 1.58 bits per heavy atom. The van der Waals surface area contributed by atoms with Crippen molar-refractivity contribution in [2.24, 2.45) is 0 Å². The van der Waals surface area contributed by atoms with Crippen LogP contribution >= 0.6 is 20.2 Å². The fourth-order valence-electron chi connectivity index (χ4n) is 1.85. The quantitative estimate of drug-likeness (QED) is 0.349. The molecule has 0 saturated heterocycles. The van der Waals surface area contributed by atoms with Crippen LogP contribution in [0.4, 0.5) is 4.79 Å². The summed E-state index contributed by atoms with van der Waals surface area (Å²) in [7, 11) is -3.64. The molecule has 0 unspecified atom stereocenters. The molecule has 0 bridgehead atoms. The third kappa shape index (κ3) is 6.93. The van der Waals surface area contributed by atoms with Crippen molar-refractivity contribution >= 4 is 36.5 Å². The SMILES string of the molecule is CC(C)(C)OC(=O)Oc1cccc(I(OS(C)(=O)=O)c2ccccc2)c1. The molecule has 8 heteroatoms. The first kappa shape index (κ1) is 20.7. The van der Waals surface area contributed by atoms with Crippen LogP contribution in [0.15, 0.2) is 54.6 Å². The Labute approximate surface area is 161 Å². The molecular weight excluding hydrogens is 471 g/mol. The van der Waals surface area contributed by atoms with Crippen LogP contribution < -0.4 is 4.74 Å². The number of hydrogen-bond acceptors (Lipinski definition) is 6. The molecule has 0 amide bonds. The molecular formula is C18H21IO6S. The third-order valence-electron chi connectivity index (χ3n) is 2.69. The fraction of sp³-hybridized carbons (Fsp3) is 0.278. The van der Waals surface area contributed by atoms with Crippen LogP contribution in [0.1, 0.15) is 20.8 Å². The molecule has 0 spiro atoms. The summed E-state index contributed by atoms with van der Waals surface area (Å²) in [6.45, 7) is 5.22. The van der Waals surface area contributed by atoms with Crippen LogP contribution in [-0.4, -0.2) is 26.4 Å². The molecule has 0 saturated carbocycles. The van der Waals surface area contributed by atoms with Crippen LogP contribution in [0, 0.1) is 7.14 Å². The molecule has 2 rings (SSSR count). The Morgan fingerprint density at radius 3 is 2.15 bits per heavy atom. The molecule has 142 valence electrons. The maximum atomic E-state index is 11.8. The molecule has 2 aromatic rings. The molecule has 0 N–H and O–H groups in total. The van der Waals surface area contributed by atoms with Gasteiger partial charge in [0, 0.05) is 0 Å². The number of carbonyl (C=O) groups excluding carboxylic acids is 1.